The number of fused-ring (bicyclic) bond motifs is 2. The Hall–Kier alpha value is -3.64. The second kappa shape index (κ2) is 7.95. The van der Waals surface area contributed by atoms with Crippen molar-refractivity contribution in [2.24, 2.45) is 11.8 Å². The molecule has 1 saturated heterocycles. The Morgan fingerprint density at radius 2 is 1.97 bits per heavy atom. The van der Waals surface area contributed by atoms with Crippen LogP contribution in [0.25, 0.3) is 16.9 Å². The van der Waals surface area contributed by atoms with E-state index in [1.807, 2.05) is 5.10 Å². The van der Waals surface area contributed by atoms with Crippen molar-refractivity contribution in [1.29, 1.82) is 0 Å². The van der Waals surface area contributed by atoms with Crippen molar-refractivity contribution in [3.05, 3.63) is 59.3 Å². The van der Waals surface area contributed by atoms with E-state index >= 15 is 0 Å². The Bertz CT molecular complexity index is 1440. The van der Waals surface area contributed by atoms with Crippen LogP contribution in [-0.4, -0.2) is 49.6 Å². The number of halogens is 4. The van der Waals surface area contributed by atoms with Gasteiger partial charge in [-0.15, -0.1) is 0 Å². The highest BCUT2D eigenvalue weighted by molar-refractivity contribution is 6.34. The van der Waals surface area contributed by atoms with E-state index in [1.165, 1.54) is 23.0 Å². The van der Waals surface area contributed by atoms with Gasteiger partial charge in [-0.25, -0.2) is 9.97 Å². The smallest absolute Gasteiger partial charge is 0.349 e. The van der Waals surface area contributed by atoms with Crippen LogP contribution in [0.15, 0.2) is 43.0 Å². The maximum atomic E-state index is 13.3. The first-order valence-corrected chi connectivity index (χ1v) is 11.2. The summed E-state index contributed by atoms with van der Waals surface area (Å²) in [5.74, 6) is 1.06. The van der Waals surface area contributed by atoms with E-state index in [4.69, 9.17) is 11.6 Å². The number of carbonyl (C=O) groups excluding carboxylic acids is 1. The van der Waals surface area contributed by atoms with Crippen molar-refractivity contribution in [2.75, 3.05) is 18.4 Å². The summed E-state index contributed by atoms with van der Waals surface area (Å²) >= 11 is 6.39. The summed E-state index contributed by atoms with van der Waals surface area (Å²) in [4.78, 5) is 21.2. The third-order valence-electron chi connectivity index (χ3n) is 6.49. The molecule has 1 amide bonds. The predicted octanol–water partition coefficient (Wildman–Crippen LogP) is 3.48. The lowest BCUT2D eigenvalue weighted by atomic mass is 10.2. The fraction of sp³-hybridized carbons (Fsp3) is 0.273. The van der Waals surface area contributed by atoms with E-state index in [-0.39, 0.29) is 28.2 Å². The first-order valence-electron chi connectivity index (χ1n) is 10.8. The zero-order valence-electron chi connectivity index (χ0n) is 17.9. The fourth-order valence-electron chi connectivity index (χ4n) is 4.68. The van der Waals surface area contributed by atoms with Gasteiger partial charge >= 0.3 is 6.18 Å². The number of nitrogens with one attached hydrogen (secondary N) is 4. The van der Waals surface area contributed by atoms with Crippen LogP contribution >= 0.6 is 11.6 Å². The minimum atomic E-state index is -4.59. The number of imidazole rings is 1. The largest absolute Gasteiger partial charge is 0.433 e. The summed E-state index contributed by atoms with van der Waals surface area (Å²) in [5.41, 5.74) is 0.335. The molecule has 1 aliphatic heterocycles. The van der Waals surface area contributed by atoms with Crippen LogP contribution in [0.4, 0.5) is 24.7 Å². The van der Waals surface area contributed by atoms with Gasteiger partial charge in [0, 0.05) is 37.2 Å². The summed E-state index contributed by atoms with van der Waals surface area (Å²) in [6.45, 7) is 1.83. The first kappa shape index (κ1) is 21.9. The van der Waals surface area contributed by atoms with E-state index in [2.05, 4.69) is 31.0 Å². The monoisotopic (exact) mass is 502 g/mol. The normalized spacial score (nSPS) is 21.2. The molecule has 1 unspecified atom stereocenters. The number of nitrogens with zero attached hydrogens (tertiary/aromatic N) is 4. The van der Waals surface area contributed by atoms with E-state index in [9.17, 15) is 18.0 Å². The molecular formula is C22H18ClF3N8O. The average molecular weight is 503 g/mol. The van der Waals surface area contributed by atoms with Crippen molar-refractivity contribution in [3.8, 4) is 11.3 Å². The molecule has 9 nitrogen and oxygen atoms in total. The summed E-state index contributed by atoms with van der Waals surface area (Å²) in [6, 6.07) is 5.08. The van der Waals surface area contributed by atoms with Crippen molar-refractivity contribution in [3.63, 3.8) is 0 Å². The molecule has 3 atom stereocenters. The minimum Gasteiger partial charge on any atom is -0.349 e. The summed E-state index contributed by atoms with van der Waals surface area (Å²) in [6.07, 6.45) is 0.794. The maximum absolute atomic E-state index is 13.3. The van der Waals surface area contributed by atoms with Crippen LogP contribution < -0.4 is 16.0 Å². The third-order valence-corrected chi connectivity index (χ3v) is 6.81. The lowest BCUT2D eigenvalue weighted by Crippen LogP contribution is -2.32. The topological polar surface area (TPSA) is 112 Å². The van der Waals surface area contributed by atoms with E-state index in [0.29, 0.717) is 34.6 Å². The molecule has 2 fully saturated rings. The minimum absolute atomic E-state index is 0.129. The summed E-state index contributed by atoms with van der Waals surface area (Å²) in [5, 5.41) is 15.2. The van der Waals surface area contributed by atoms with Crippen molar-refractivity contribution in [1.82, 2.24) is 35.2 Å². The lowest BCUT2D eigenvalue weighted by molar-refractivity contribution is -0.140. The predicted molar refractivity (Wildman–Crippen MR) is 121 cm³/mol. The number of hydrogen-bond acceptors (Lipinski definition) is 6. The highest BCUT2D eigenvalue weighted by Crippen LogP contribution is 2.42. The standard InChI is InChI=1S/C22H18ClF3N8O/c23-15-5-10(1-2-11(15)21(35)32-17-12-6-27-7-13(12)17)31-19-20-29-9-16(34(20)4-3-28-19)14-8-30-33-18(14)22(24,25)26/h1-5,8-9,12-13,17,27H,6-7H2,(H,28,31)(H,30,33)(H,32,35)/t12-,13+,17?. The van der Waals surface area contributed by atoms with Gasteiger partial charge in [-0.05, 0) is 30.0 Å². The van der Waals surface area contributed by atoms with Gasteiger partial charge in [0.05, 0.1) is 34.2 Å². The quantitative estimate of drug-likeness (QED) is 0.332. The van der Waals surface area contributed by atoms with E-state index in [1.54, 1.807) is 18.2 Å². The average Bonchev–Trinajstić information content (AvgIpc) is 3.32. The molecule has 35 heavy (non-hydrogen) atoms. The molecule has 3 aromatic heterocycles. The molecule has 1 aromatic carbocycles. The van der Waals surface area contributed by atoms with Crippen LogP contribution in [0.3, 0.4) is 0 Å². The first-order chi connectivity index (χ1) is 16.8. The molecule has 4 heterocycles. The molecule has 13 heteroatoms. The highest BCUT2D eigenvalue weighted by atomic mass is 35.5. The number of piperidine rings is 1. The summed E-state index contributed by atoms with van der Waals surface area (Å²) < 4.78 is 41.5. The van der Waals surface area contributed by atoms with Crippen molar-refractivity contribution in [2.45, 2.75) is 12.2 Å². The van der Waals surface area contributed by atoms with E-state index < -0.39 is 11.9 Å². The van der Waals surface area contributed by atoms with Crippen molar-refractivity contribution < 1.29 is 18.0 Å². The molecular weight excluding hydrogens is 485 g/mol. The molecule has 6 rings (SSSR count). The molecule has 4 aromatic rings. The zero-order valence-corrected chi connectivity index (χ0v) is 18.7. The number of H-pyrrole nitrogens is 1. The third kappa shape index (κ3) is 3.78. The molecule has 180 valence electrons. The molecule has 1 saturated carbocycles. The van der Waals surface area contributed by atoms with Gasteiger partial charge in [0.2, 0.25) is 0 Å². The molecule has 0 bridgehead atoms. The van der Waals surface area contributed by atoms with Gasteiger partial charge in [0.15, 0.2) is 11.5 Å². The number of rotatable bonds is 5. The Labute approximate surface area is 201 Å². The molecule has 0 spiro atoms. The fourth-order valence-corrected chi connectivity index (χ4v) is 4.94. The van der Waals surface area contributed by atoms with Crippen LogP contribution in [0, 0.1) is 11.8 Å². The van der Waals surface area contributed by atoms with Gasteiger partial charge in [0.1, 0.15) is 5.69 Å². The number of benzene rings is 1. The van der Waals surface area contributed by atoms with Gasteiger partial charge in [-0.1, -0.05) is 11.6 Å². The summed E-state index contributed by atoms with van der Waals surface area (Å²) in [7, 11) is 0. The molecule has 1 aliphatic carbocycles. The number of amides is 1. The Morgan fingerprint density at radius 1 is 1.17 bits per heavy atom. The SMILES string of the molecule is O=C(NC1[C@H]2CNC[C@@H]12)c1ccc(Nc2nccn3c(-c4cn[nH]c4C(F)(F)F)cnc23)cc1Cl. The van der Waals surface area contributed by atoms with Gasteiger partial charge in [-0.2, -0.15) is 18.3 Å². The molecule has 0 radical (unpaired) electrons. The Kier molecular flexibility index (Phi) is 4.97. The van der Waals surface area contributed by atoms with Gasteiger partial charge < -0.3 is 16.0 Å². The Balaban J connectivity index is 1.24. The number of aromatic amines is 1. The lowest BCUT2D eigenvalue weighted by Gasteiger charge is -2.12. The van der Waals surface area contributed by atoms with Crippen LogP contribution in [0.1, 0.15) is 16.1 Å². The second-order valence-electron chi connectivity index (χ2n) is 8.57. The maximum Gasteiger partial charge on any atom is 0.433 e. The second-order valence-corrected chi connectivity index (χ2v) is 8.98. The van der Waals surface area contributed by atoms with Gasteiger partial charge in [-0.3, -0.25) is 14.3 Å². The molecule has 4 N–H and O–H groups in total. The Morgan fingerprint density at radius 3 is 2.71 bits per heavy atom. The van der Waals surface area contributed by atoms with E-state index in [0.717, 1.165) is 19.3 Å². The number of aromatic nitrogens is 5. The van der Waals surface area contributed by atoms with Crippen LogP contribution in [-0.2, 0) is 6.18 Å². The number of hydrogen-bond donors (Lipinski definition) is 4. The zero-order chi connectivity index (χ0) is 24.3. The highest BCUT2D eigenvalue weighted by Gasteiger charge is 2.53. The van der Waals surface area contributed by atoms with Crippen LogP contribution in [0.5, 0.6) is 0 Å². The molecule has 2 aliphatic rings. The van der Waals surface area contributed by atoms with Gasteiger partial charge in [0.25, 0.3) is 5.91 Å². The number of alkyl halides is 3. The van der Waals surface area contributed by atoms with Crippen molar-refractivity contribution >= 4 is 34.7 Å². The number of carbonyl (C=O) groups is 1. The number of anilines is 2. The van der Waals surface area contributed by atoms with Crippen LogP contribution in [0.2, 0.25) is 5.02 Å².